The van der Waals surface area contributed by atoms with Crippen molar-refractivity contribution in [1.29, 1.82) is 15.8 Å². The number of nitriles is 3. The minimum atomic E-state index is 0.573. The average Bonchev–Trinajstić information content (AvgIpc) is 3.65. The van der Waals surface area contributed by atoms with Gasteiger partial charge < -0.3 is 8.83 Å². The zero-order valence-corrected chi connectivity index (χ0v) is 23.1. The molecule has 44 heavy (non-hydrogen) atoms. The molecule has 0 atom stereocenters. The van der Waals surface area contributed by atoms with Gasteiger partial charge in [0, 0.05) is 27.1 Å². The van der Waals surface area contributed by atoms with Gasteiger partial charge in [-0.1, -0.05) is 42.5 Å². The summed E-state index contributed by atoms with van der Waals surface area (Å²) in [6.07, 6.45) is 0. The second-order valence-electron chi connectivity index (χ2n) is 10.7. The molecule has 2 heterocycles. The van der Waals surface area contributed by atoms with Crippen molar-refractivity contribution in [3.63, 3.8) is 0 Å². The Bertz CT molecular complexity index is 2600. The van der Waals surface area contributed by atoms with Gasteiger partial charge in [-0.25, -0.2) is 0 Å². The van der Waals surface area contributed by atoms with Crippen LogP contribution in [0.4, 0.5) is 0 Å². The summed E-state index contributed by atoms with van der Waals surface area (Å²) in [7, 11) is 0. The smallest absolute Gasteiger partial charge is 0.143 e. The Labute approximate surface area is 251 Å². The number of hydrogen-bond acceptors (Lipinski definition) is 5. The Kier molecular flexibility index (Phi) is 5.56. The third-order valence-corrected chi connectivity index (χ3v) is 8.16. The van der Waals surface area contributed by atoms with Crippen LogP contribution >= 0.6 is 0 Å². The van der Waals surface area contributed by atoms with Crippen molar-refractivity contribution < 1.29 is 8.83 Å². The molecule has 0 fully saturated rings. The SMILES string of the molecule is N#Cc1ccc2oc3ccc(-c4cc(-c5ccccc5C#N)cc(-c5cccc6c5oc5ccc(C#N)cc56)c4)cc3c2c1. The monoisotopic (exact) mass is 561 g/mol. The third-order valence-electron chi connectivity index (χ3n) is 8.16. The van der Waals surface area contributed by atoms with Crippen LogP contribution in [-0.4, -0.2) is 0 Å². The minimum absolute atomic E-state index is 0.573. The molecule has 0 aliphatic heterocycles. The summed E-state index contributed by atoms with van der Waals surface area (Å²) in [4.78, 5) is 0. The van der Waals surface area contributed by atoms with E-state index in [1.54, 1.807) is 12.1 Å². The van der Waals surface area contributed by atoms with Gasteiger partial charge >= 0.3 is 0 Å². The number of rotatable bonds is 3. The van der Waals surface area contributed by atoms with E-state index in [1.165, 1.54) is 0 Å². The highest BCUT2D eigenvalue weighted by atomic mass is 16.3. The van der Waals surface area contributed by atoms with E-state index >= 15 is 0 Å². The van der Waals surface area contributed by atoms with Gasteiger partial charge in [0.05, 0.1) is 34.9 Å². The molecule has 202 valence electrons. The van der Waals surface area contributed by atoms with E-state index < -0.39 is 0 Å². The molecule has 5 nitrogen and oxygen atoms in total. The Morgan fingerprint density at radius 2 is 1.00 bits per heavy atom. The van der Waals surface area contributed by atoms with Crippen LogP contribution in [-0.2, 0) is 0 Å². The van der Waals surface area contributed by atoms with E-state index in [1.807, 2.05) is 78.9 Å². The van der Waals surface area contributed by atoms with E-state index in [0.29, 0.717) is 22.3 Å². The van der Waals surface area contributed by atoms with Crippen molar-refractivity contribution in [3.8, 4) is 51.6 Å². The second kappa shape index (κ2) is 9.74. The Morgan fingerprint density at radius 3 is 1.73 bits per heavy atom. The summed E-state index contributed by atoms with van der Waals surface area (Å²) < 4.78 is 12.5. The van der Waals surface area contributed by atoms with Crippen LogP contribution in [0.3, 0.4) is 0 Å². The van der Waals surface area contributed by atoms with Crippen molar-refractivity contribution >= 4 is 43.9 Å². The summed E-state index contributed by atoms with van der Waals surface area (Å²) in [5.41, 5.74) is 10.1. The quantitative estimate of drug-likeness (QED) is 0.214. The van der Waals surface area contributed by atoms with Gasteiger partial charge in [0.1, 0.15) is 22.3 Å². The van der Waals surface area contributed by atoms with E-state index in [0.717, 1.165) is 71.7 Å². The fourth-order valence-corrected chi connectivity index (χ4v) is 6.06. The van der Waals surface area contributed by atoms with Gasteiger partial charge in [0.2, 0.25) is 0 Å². The predicted molar refractivity (Wildman–Crippen MR) is 171 cm³/mol. The molecule has 2 aromatic heterocycles. The van der Waals surface area contributed by atoms with Crippen molar-refractivity contribution in [2.24, 2.45) is 0 Å². The molecule has 6 aromatic carbocycles. The molecule has 5 heteroatoms. The number of para-hydroxylation sites is 1. The second-order valence-corrected chi connectivity index (χ2v) is 10.7. The van der Waals surface area contributed by atoms with Crippen LogP contribution < -0.4 is 0 Å². The van der Waals surface area contributed by atoms with Crippen LogP contribution in [0.2, 0.25) is 0 Å². The van der Waals surface area contributed by atoms with Crippen molar-refractivity contribution in [2.45, 2.75) is 0 Å². The zero-order chi connectivity index (χ0) is 29.8. The molecule has 0 amide bonds. The highest BCUT2D eigenvalue weighted by Crippen LogP contribution is 2.41. The molecule has 0 bridgehead atoms. The maximum absolute atomic E-state index is 9.93. The third kappa shape index (κ3) is 3.92. The molecule has 0 saturated heterocycles. The highest BCUT2D eigenvalue weighted by Gasteiger charge is 2.17. The van der Waals surface area contributed by atoms with E-state index in [9.17, 15) is 15.8 Å². The number of furan rings is 2. The lowest BCUT2D eigenvalue weighted by atomic mass is 9.91. The van der Waals surface area contributed by atoms with Crippen LogP contribution in [0.15, 0.2) is 124 Å². The predicted octanol–water partition coefficient (Wildman–Crippen LogP) is 10.1. The summed E-state index contributed by atoms with van der Waals surface area (Å²) in [5.74, 6) is 0. The first-order valence-corrected chi connectivity index (χ1v) is 14.0. The number of benzene rings is 6. The lowest BCUT2D eigenvalue weighted by molar-refractivity contribution is 0.669. The lowest BCUT2D eigenvalue weighted by Gasteiger charge is -2.13. The molecule has 8 rings (SSSR count). The maximum Gasteiger partial charge on any atom is 0.143 e. The molecule has 0 N–H and O–H groups in total. The van der Waals surface area contributed by atoms with Crippen molar-refractivity contribution in [3.05, 3.63) is 132 Å². The molecule has 0 radical (unpaired) electrons. The molecule has 0 aliphatic rings. The topological polar surface area (TPSA) is 97.7 Å². The minimum Gasteiger partial charge on any atom is -0.456 e. The van der Waals surface area contributed by atoms with Gasteiger partial charge in [-0.2, -0.15) is 15.8 Å². The number of fused-ring (bicyclic) bond motifs is 6. The molecular weight excluding hydrogens is 542 g/mol. The number of hydrogen-bond donors (Lipinski definition) is 0. The molecule has 8 aromatic rings. The van der Waals surface area contributed by atoms with E-state index in [4.69, 9.17) is 8.83 Å². The lowest BCUT2D eigenvalue weighted by Crippen LogP contribution is -1.89. The first kappa shape index (κ1) is 25.1. The van der Waals surface area contributed by atoms with Crippen molar-refractivity contribution in [2.75, 3.05) is 0 Å². The first-order chi connectivity index (χ1) is 21.6. The Balaban J connectivity index is 1.39. The van der Waals surface area contributed by atoms with Gasteiger partial charge in [0.15, 0.2) is 0 Å². The molecular formula is C39H19N3O2. The standard InChI is InChI=1S/C39H19N3O2/c40-20-23-9-12-38-33(14-23)32-7-3-6-31(39(32)44-38)29-17-27(16-28(18-29)30-5-2-1-4-26(30)22-42)25-10-13-37-35(19-25)34-15-24(21-41)8-11-36(34)43-37/h1-19H. The fourth-order valence-electron chi connectivity index (χ4n) is 6.06. The van der Waals surface area contributed by atoms with Crippen LogP contribution in [0, 0.1) is 34.0 Å². The van der Waals surface area contributed by atoms with Crippen LogP contribution in [0.5, 0.6) is 0 Å². The first-order valence-electron chi connectivity index (χ1n) is 14.0. The van der Waals surface area contributed by atoms with E-state index in [-0.39, 0.29) is 0 Å². The molecule has 0 aliphatic carbocycles. The average molecular weight is 562 g/mol. The summed E-state index contributed by atoms with van der Waals surface area (Å²) >= 11 is 0. The molecule has 0 spiro atoms. The zero-order valence-electron chi connectivity index (χ0n) is 23.1. The Hall–Kier alpha value is -6.61. The van der Waals surface area contributed by atoms with Gasteiger partial charge in [0.25, 0.3) is 0 Å². The van der Waals surface area contributed by atoms with Crippen LogP contribution in [0.1, 0.15) is 16.7 Å². The maximum atomic E-state index is 9.93. The van der Waals surface area contributed by atoms with Crippen LogP contribution in [0.25, 0.3) is 77.3 Å². The summed E-state index contributed by atoms with van der Waals surface area (Å²) in [5, 5.41) is 32.5. The van der Waals surface area contributed by atoms with Gasteiger partial charge in [-0.05, 0) is 101 Å². The summed E-state index contributed by atoms with van der Waals surface area (Å²) in [6, 6.07) is 43.7. The fraction of sp³-hybridized carbons (Fsp3) is 0. The van der Waals surface area contributed by atoms with Crippen molar-refractivity contribution in [1.82, 2.24) is 0 Å². The largest absolute Gasteiger partial charge is 0.456 e. The molecule has 0 saturated carbocycles. The molecule has 0 unspecified atom stereocenters. The highest BCUT2D eigenvalue weighted by molar-refractivity contribution is 6.10. The van der Waals surface area contributed by atoms with Gasteiger partial charge in [-0.15, -0.1) is 0 Å². The summed E-state index contributed by atoms with van der Waals surface area (Å²) in [6.45, 7) is 0. The number of nitrogens with zero attached hydrogens (tertiary/aromatic N) is 3. The van der Waals surface area contributed by atoms with E-state index in [2.05, 4.69) is 42.5 Å². The normalized spacial score (nSPS) is 11.1. The Morgan fingerprint density at radius 1 is 0.409 bits per heavy atom. The van der Waals surface area contributed by atoms with Gasteiger partial charge in [-0.3, -0.25) is 0 Å².